The Morgan fingerprint density at radius 1 is 1.33 bits per heavy atom. The Balaban J connectivity index is 2.27. The molecule has 1 atom stereocenters. The Kier molecular flexibility index (Phi) is 4.65. The highest BCUT2D eigenvalue weighted by atomic mass is 35.5. The summed E-state index contributed by atoms with van der Waals surface area (Å²) in [6.07, 6.45) is 1.63. The summed E-state index contributed by atoms with van der Waals surface area (Å²) in [4.78, 5) is 6.34. The van der Waals surface area contributed by atoms with Crippen LogP contribution in [0.25, 0.3) is 0 Å². The van der Waals surface area contributed by atoms with Crippen molar-refractivity contribution < 1.29 is 5.21 Å². The third-order valence-corrected chi connectivity index (χ3v) is 3.70. The molecule has 5 nitrogen and oxygen atoms in total. The molecule has 0 saturated heterocycles. The predicted molar refractivity (Wildman–Crippen MR) is 85.0 cm³/mol. The molecule has 0 fully saturated rings. The lowest BCUT2D eigenvalue weighted by Crippen LogP contribution is -2.23. The van der Waals surface area contributed by atoms with Crippen molar-refractivity contribution >= 4 is 23.3 Å². The largest absolute Gasteiger partial charge is 0.409 e. The molecule has 0 spiro atoms. The average molecular weight is 305 g/mol. The second-order valence-corrected chi connectivity index (χ2v) is 5.16. The summed E-state index contributed by atoms with van der Waals surface area (Å²) in [6.45, 7) is 2.07. The van der Waals surface area contributed by atoms with E-state index >= 15 is 0 Å². The summed E-state index contributed by atoms with van der Waals surface area (Å²) in [7, 11) is 1.94. The first-order valence-electron chi connectivity index (χ1n) is 6.45. The van der Waals surface area contributed by atoms with E-state index in [9.17, 15) is 0 Å². The highest BCUT2D eigenvalue weighted by Crippen LogP contribution is 2.25. The number of halogens is 1. The van der Waals surface area contributed by atoms with Crippen LogP contribution in [0, 0.1) is 0 Å². The zero-order chi connectivity index (χ0) is 15.4. The van der Waals surface area contributed by atoms with E-state index in [1.54, 1.807) is 18.3 Å². The second kappa shape index (κ2) is 6.45. The van der Waals surface area contributed by atoms with Crippen LogP contribution in [0.4, 0.5) is 5.82 Å². The van der Waals surface area contributed by atoms with Gasteiger partial charge in [0.05, 0.1) is 6.04 Å². The van der Waals surface area contributed by atoms with Crippen LogP contribution in [0.15, 0.2) is 47.8 Å². The van der Waals surface area contributed by atoms with Crippen LogP contribution in [-0.4, -0.2) is 23.1 Å². The number of benzene rings is 1. The van der Waals surface area contributed by atoms with Crippen LogP contribution in [0.3, 0.4) is 0 Å². The fourth-order valence-corrected chi connectivity index (χ4v) is 2.12. The van der Waals surface area contributed by atoms with Gasteiger partial charge in [-0.05, 0) is 36.8 Å². The number of pyridine rings is 1. The maximum atomic E-state index is 8.75. The first-order chi connectivity index (χ1) is 10.0. The number of hydrogen-bond acceptors (Lipinski definition) is 4. The van der Waals surface area contributed by atoms with Gasteiger partial charge in [-0.15, -0.1) is 0 Å². The molecule has 0 saturated carbocycles. The lowest BCUT2D eigenvalue weighted by molar-refractivity contribution is 0.318. The molecule has 0 radical (unpaired) electrons. The van der Waals surface area contributed by atoms with E-state index in [2.05, 4.69) is 17.1 Å². The van der Waals surface area contributed by atoms with Gasteiger partial charge in [-0.3, -0.25) is 0 Å². The topological polar surface area (TPSA) is 74.7 Å². The predicted octanol–water partition coefficient (Wildman–Crippen LogP) is 3.03. The summed E-state index contributed by atoms with van der Waals surface area (Å²) in [5.74, 6) is 0.799. The first kappa shape index (κ1) is 15.1. The number of aromatic nitrogens is 1. The molecule has 2 aromatic rings. The smallest absolute Gasteiger partial charge is 0.170 e. The Bertz CT molecular complexity index is 642. The molecule has 0 aliphatic heterocycles. The van der Waals surface area contributed by atoms with Gasteiger partial charge in [0.15, 0.2) is 5.84 Å². The highest BCUT2D eigenvalue weighted by Gasteiger charge is 2.14. The third-order valence-electron chi connectivity index (χ3n) is 3.44. The molecule has 0 aliphatic carbocycles. The molecule has 6 heteroatoms. The average Bonchev–Trinajstić information content (AvgIpc) is 2.53. The zero-order valence-electron chi connectivity index (χ0n) is 11.9. The molecule has 0 bridgehead atoms. The minimum absolute atomic E-state index is 0.0613. The number of oxime groups is 1. The van der Waals surface area contributed by atoms with E-state index in [1.807, 2.05) is 36.2 Å². The molecule has 3 N–H and O–H groups in total. The molecule has 110 valence electrons. The van der Waals surface area contributed by atoms with Gasteiger partial charge in [-0.2, -0.15) is 0 Å². The maximum Gasteiger partial charge on any atom is 0.170 e. The van der Waals surface area contributed by atoms with Gasteiger partial charge >= 0.3 is 0 Å². The lowest BCUT2D eigenvalue weighted by atomic mass is 10.1. The number of amidine groups is 1. The lowest BCUT2D eigenvalue weighted by Gasteiger charge is -2.26. The van der Waals surface area contributed by atoms with Gasteiger partial charge in [-0.25, -0.2) is 4.98 Å². The van der Waals surface area contributed by atoms with E-state index < -0.39 is 0 Å². The Labute approximate surface area is 128 Å². The minimum Gasteiger partial charge on any atom is -0.409 e. The van der Waals surface area contributed by atoms with Crippen molar-refractivity contribution in [2.75, 3.05) is 11.9 Å². The quantitative estimate of drug-likeness (QED) is 0.394. The number of anilines is 1. The molecule has 21 heavy (non-hydrogen) atoms. The number of nitrogens with two attached hydrogens (primary N) is 1. The zero-order valence-corrected chi connectivity index (χ0v) is 12.6. The molecular weight excluding hydrogens is 288 g/mol. The monoisotopic (exact) mass is 304 g/mol. The summed E-state index contributed by atoms with van der Waals surface area (Å²) in [5, 5.41) is 12.5. The normalized spacial score (nSPS) is 13.0. The molecule has 0 amide bonds. The van der Waals surface area contributed by atoms with Gasteiger partial charge < -0.3 is 15.8 Å². The number of rotatable bonds is 4. The number of hydrogen-bond donors (Lipinski definition) is 2. The summed E-state index contributed by atoms with van der Waals surface area (Å²) in [6, 6.07) is 11.3. The van der Waals surface area contributed by atoms with Crippen molar-refractivity contribution in [3.05, 3.63) is 58.7 Å². The van der Waals surface area contributed by atoms with Crippen molar-refractivity contribution in [1.82, 2.24) is 4.98 Å². The fraction of sp³-hybridized carbons (Fsp3) is 0.200. The van der Waals surface area contributed by atoms with Crippen LogP contribution >= 0.6 is 11.6 Å². The van der Waals surface area contributed by atoms with Crippen LogP contribution in [-0.2, 0) is 0 Å². The summed E-state index contributed by atoms with van der Waals surface area (Å²) >= 11 is 5.91. The first-order valence-corrected chi connectivity index (χ1v) is 6.83. The van der Waals surface area contributed by atoms with Crippen molar-refractivity contribution in [2.24, 2.45) is 10.9 Å². The van der Waals surface area contributed by atoms with Crippen LogP contribution in [0.2, 0.25) is 5.02 Å². The Morgan fingerprint density at radius 3 is 2.62 bits per heavy atom. The molecule has 0 aliphatic rings. The van der Waals surface area contributed by atoms with Crippen molar-refractivity contribution in [2.45, 2.75) is 13.0 Å². The van der Waals surface area contributed by atoms with Gasteiger partial charge in [0.2, 0.25) is 0 Å². The maximum absolute atomic E-state index is 8.75. The SMILES string of the molecule is CC(c1ccc(Cl)cc1)N(C)c1cc(C(N)=NO)ccn1. The number of nitrogens with zero attached hydrogens (tertiary/aromatic N) is 3. The van der Waals surface area contributed by atoms with Gasteiger partial charge in [0, 0.05) is 23.8 Å². The Hall–Kier alpha value is -2.27. The van der Waals surface area contributed by atoms with Crippen LogP contribution in [0.5, 0.6) is 0 Å². The van der Waals surface area contributed by atoms with E-state index in [0.717, 1.165) is 11.4 Å². The second-order valence-electron chi connectivity index (χ2n) is 4.73. The third kappa shape index (κ3) is 3.44. The van der Waals surface area contributed by atoms with Gasteiger partial charge in [-0.1, -0.05) is 28.9 Å². The van der Waals surface area contributed by atoms with Gasteiger partial charge in [0.25, 0.3) is 0 Å². The molecule has 1 unspecified atom stereocenters. The van der Waals surface area contributed by atoms with Crippen molar-refractivity contribution in [3.8, 4) is 0 Å². The minimum atomic E-state index is 0.0613. The molecule has 1 heterocycles. The molecular formula is C15H17ClN4O. The summed E-state index contributed by atoms with van der Waals surface area (Å²) in [5.41, 5.74) is 7.35. The molecule has 2 rings (SSSR count). The van der Waals surface area contributed by atoms with Gasteiger partial charge in [0.1, 0.15) is 5.82 Å². The van der Waals surface area contributed by atoms with Crippen LogP contribution in [0.1, 0.15) is 24.1 Å². The van der Waals surface area contributed by atoms with Crippen molar-refractivity contribution in [1.29, 1.82) is 0 Å². The van der Waals surface area contributed by atoms with E-state index in [0.29, 0.717) is 10.6 Å². The summed E-state index contributed by atoms with van der Waals surface area (Å²) < 4.78 is 0. The van der Waals surface area contributed by atoms with E-state index in [4.69, 9.17) is 22.5 Å². The Morgan fingerprint density at radius 2 is 2.00 bits per heavy atom. The van der Waals surface area contributed by atoms with E-state index in [1.165, 1.54) is 0 Å². The highest BCUT2D eigenvalue weighted by molar-refractivity contribution is 6.30. The van der Waals surface area contributed by atoms with Crippen molar-refractivity contribution in [3.63, 3.8) is 0 Å². The fourth-order valence-electron chi connectivity index (χ4n) is 1.99. The molecule has 1 aromatic heterocycles. The molecule has 1 aromatic carbocycles. The van der Waals surface area contributed by atoms with Crippen LogP contribution < -0.4 is 10.6 Å². The van der Waals surface area contributed by atoms with E-state index in [-0.39, 0.29) is 11.9 Å². The standard InChI is InChI=1S/C15H17ClN4O/c1-10(11-3-5-13(16)6-4-11)20(2)14-9-12(7-8-18-14)15(17)19-21/h3-10,21H,1-2H3,(H2,17,19).